The molecule has 3 heterocycles. The van der Waals surface area contributed by atoms with E-state index in [9.17, 15) is 14.7 Å². The molecule has 3 aliphatic rings. The Hall–Kier alpha value is -2.17. The summed E-state index contributed by atoms with van der Waals surface area (Å²) in [6, 6.07) is 5.26. The fourth-order valence-electron chi connectivity index (χ4n) is 5.57. The summed E-state index contributed by atoms with van der Waals surface area (Å²) in [4.78, 5) is 28.5. The average Bonchev–Trinajstić information content (AvgIpc) is 3.45. The second-order valence-corrected chi connectivity index (χ2v) is 13.9. The van der Waals surface area contributed by atoms with Gasteiger partial charge >= 0.3 is 6.09 Å². The van der Waals surface area contributed by atoms with Crippen LogP contribution in [0.15, 0.2) is 18.2 Å². The van der Waals surface area contributed by atoms with Crippen molar-refractivity contribution in [1.29, 1.82) is 0 Å². The zero-order valence-electron chi connectivity index (χ0n) is 20.3. The minimum atomic E-state index is -3.33. The first-order valence-electron chi connectivity index (χ1n) is 12.0. The molecular weight excluding hydrogens is 459 g/mol. The molecule has 1 aromatic rings. The monoisotopic (exact) mass is 494 g/mol. The summed E-state index contributed by atoms with van der Waals surface area (Å²) in [5.41, 5.74) is 0.925. The molecule has 8 nitrogen and oxygen atoms in total. The molecule has 1 aromatic carbocycles. The van der Waals surface area contributed by atoms with Gasteiger partial charge in [-0.1, -0.05) is 6.92 Å². The van der Waals surface area contributed by atoms with Crippen LogP contribution in [-0.2, 0) is 14.3 Å². The van der Waals surface area contributed by atoms with E-state index in [1.54, 1.807) is 42.1 Å². The van der Waals surface area contributed by atoms with Crippen LogP contribution in [0.3, 0.4) is 0 Å². The van der Waals surface area contributed by atoms with Gasteiger partial charge in [-0.2, -0.15) is 0 Å². The fraction of sp³-hybridized carbons (Fsp3) is 0.667. The first-order chi connectivity index (χ1) is 16.2. The van der Waals surface area contributed by atoms with Crippen molar-refractivity contribution in [3.8, 4) is 5.75 Å². The molecule has 2 saturated heterocycles. The third-order valence-corrected chi connectivity index (χ3v) is 9.76. The number of amides is 2. The highest BCUT2D eigenvalue weighted by Gasteiger charge is 2.49. The summed E-state index contributed by atoms with van der Waals surface area (Å²) in [5.74, 6) is 0.237. The van der Waals surface area contributed by atoms with E-state index < -0.39 is 20.1 Å². The van der Waals surface area contributed by atoms with Gasteiger partial charge in [0, 0.05) is 42.8 Å². The van der Waals surface area contributed by atoms with Gasteiger partial charge in [-0.3, -0.25) is 9.69 Å². The summed E-state index contributed by atoms with van der Waals surface area (Å²) < 4.78 is 33.0. The molecule has 0 spiro atoms. The highest BCUT2D eigenvalue weighted by molar-refractivity contribution is 6.72. The zero-order chi connectivity index (χ0) is 24.6. The lowest BCUT2D eigenvalue weighted by atomic mass is 9.86. The van der Waals surface area contributed by atoms with Crippen molar-refractivity contribution in [2.45, 2.75) is 63.1 Å². The molecular formula is C24H35FN2O6Si. The minimum absolute atomic E-state index is 0.0463. The lowest BCUT2D eigenvalue weighted by Gasteiger charge is -2.43. The molecule has 0 aromatic heterocycles. The summed E-state index contributed by atoms with van der Waals surface area (Å²) in [7, 11) is -1.72. The summed E-state index contributed by atoms with van der Waals surface area (Å²) >= 11 is 0. The number of cyclic esters (lactones) is 1. The van der Waals surface area contributed by atoms with E-state index in [1.807, 2.05) is 13.0 Å². The standard InChI is InChI=1S/C24H35FN2O6Si/c1-15-22(31-2)18-12-16(27-10-11-32-24(27)30)7-8-19(18)33-23(15)20(34(3,4)25)13-21(29)26-9-5-6-17(26)14-28/h7-8,12,15,17,20,22-23,28H,5-6,9-11,13-14H2,1-4H3/t15-,17-,20?,22-,23-/m0/s1. The third kappa shape index (κ3) is 4.67. The number of methoxy groups -OCH3 is 1. The quantitative estimate of drug-likeness (QED) is 0.460. The predicted molar refractivity (Wildman–Crippen MR) is 127 cm³/mol. The van der Waals surface area contributed by atoms with Gasteiger partial charge in [0.2, 0.25) is 14.3 Å². The van der Waals surface area contributed by atoms with Crippen LogP contribution in [0.2, 0.25) is 18.6 Å². The summed E-state index contributed by atoms with van der Waals surface area (Å²) in [6.45, 7) is 6.54. The predicted octanol–water partition coefficient (Wildman–Crippen LogP) is 3.65. The van der Waals surface area contributed by atoms with E-state index in [0.29, 0.717) is 31.1 Å². The maximum absolute atomic E-state index is 15.7. The van der Waals surface area contributed by atoms with Crippen LogP contribution < -0.4 is 9.64 Å². The molecule has 2 amide bonds. The van der Waals surface area contributed by atoms with E-state index in [2.05, 4.69) is 0 Å². The van der Waals surface area contributed by atoms with E-state index in [4.69, 9.17) is 14.2 Å². The van der Waals surface area contributed by atoms with Gasteiger partial charge in [0.05, 0.1) is 25.3 Å². The van der Waals surface area contributed by atoms with Crippen molar-refractivity contribution in [3.63, 3.8) is 0 Å². The number of nitrogens with zero attached hydrogens (tertiary/aromatic N) is 2. The number of carbonyl (C=O) groups excluding carboxylic acids is 2. The van der Waals surface area contributed by atoms with Gasteiger partial charge < -0.3 is 28.3 Å². The van der Waals surface area contributed by atoms with Crippen molar-refractivity contribution in [1.82, 2.24) is 4.90 Å². The highest BCUT2D eigenvalue weighted by atomic mass is 28.4. The fourth-order valence-corrected chi connectivity index (χ4v) is 7.38. The van der Waals surface area contributed by atoms with Crippen LogP contribution in [0.1, 0.15) is 37.9 Å². The third-order valence-electron chi connectivity index (χ3n) is 7.47. The number of halogens is 1. The molecule has 2 fully saturated rings. The van der Waals surface area contributed by atoms with Crippen molar-refractivity contribution >= 4 is 26.1 Å². The second kappa shape index (κ2) is 9.83. The number of fused-ring (bicyclic) bond motifs is 1. The van der Waals surface area contributed by atoms with Crippen molar-refractivity contribution in [3.05, 3.63) is 23.8 Å². The maximum atomic E-state index is 15.7. The highest BCUT2D eigenvalue weighted by Crippen LogP contribution is 2.48. The normalized spacial score (nSPS) is 27.9. The first kappa shape index (κ1) is 24.9. The number of hydrogen-bond donors (Lipinski definition) is 1. The minimum Gasteiger partial charge on any atom is -0.490 e. The molecule has 1 N–H and O–H groups in total. The molecule has 34 heavy (non-hydrogen) atoms. The Bertz CT molecular complexity index is 925. The van der Waals surface area contributed by atoms with Gasteiger partial charge in [-0.15, -0.1) is 0 Å². The van der Waals surface area contributed by atoms with E-state index >= 15 is 4.11 Å². The smallest absolute Gasteiger partial charge is 0.414 e. The van der Waals surface area contributed by atoms with Crippen LogP contribution >= 0.6 is 0 Å². The lowest BCUT2D eigenvalue weighted by molar-refractivity contribution is -0.133. The van der Waals surface area contributed by atoms with Crippen molar-refractivity contribution in [2.24, 2.45) is 5.92 Å². The number of aliphatic hydroxyl groups excluding tert-OH is 1. The van der Waals surface area contributed by atoms with Crippen LogP contribution in [0.4, 0.5) is 14.6 Å². The lowest BCUT2D eigenvalue weighted by Crippen LogP contribution is -2.48. The Labute approximate surface area is 201 Å². The topological polar surface area (TPSA) is 88.5 Å². The largest absolute Gasteiger partial charge is 0.490 e. The van der Waals surface area contributed by atoms with Gasteiger partial charge in [0.15, 0.2) is 0 Å². The van der Waals surface area contributed by atoms with Crippen LogP contribution in [-0.4, -0.2) is 76.0 Å². The second-order valence-electron chi connectivity index (χ2n) is 10.0. The number of hydrogen-bond acceptors (Lipinski definition) is 6. The number of ether oxygens (including phenoxy) is 3. The Morgan fingerprint density at radius 3 is 2.74 bits per heavy atom. The Morgan fingerprint density at radius 2 is 2.12 bits per heavy atom. The van der Waals surface area contributed by atoms with Gasteiger partial charge in [0.1, 0.15) is 18.5 Å². The molecule has 0 aliphatic carbocycles. The Balaban J connectivity index is 1.61. The Kier molecular flexibility index (Phi) is 7.21. The van der Waals surface area contributed by atoms with Crippen molar-refractivity contribution < 1.29 is 33.0 Å². The number of benzene rings is 1. The van der Waals surface area contributed by atoms with Crippen molar-refractivity contribution in [2.75, 3.05) is 38.3 Å². The van der Waals surface area contributed by atoms with Crippen LogP contribution in [0.5, 0.6) is 5.75 Å². The molecule has 0 saturated carbocycles. The molecule has 0 bridgehead atoms. The molecule has 1 unspecified atom stereocenters. The van der Waals surface area contributed by atoms with Gasteiger partial charge in [-0.05, 0) is 44.1 Å². The van der Waals surface area contributed by atoms with Crippen LogP contribution in [0, 0.1) is 5.92 Å². The number of anilines is 1. The van der Waals surface area contributed by atoms with Gasteiger partial charge in [-0.25, -0.2) is 4.79 Å². The molecule has 5 atom stereocenters. The number of likely N-dealkylation sites (tertiary alicyclic amines) is 1. The molecule has 4 rings (SSSR count). The number of rotatable bonds is 7. The first-order valence-corrected chi connectivity index (χ1v) is 15.0. The zero-order valence-corrected chi connectivity index (χ0v) is 21.3. The average molecular weight is 495 g/mol. The van der Waals surface area contributed by atoms with E-state index in [-0.39, 0.29) is 43.1 Å². The van der Waals surface area contributed by atoms with Crippen LogP contribution in [0.25, 0.3) is 0 Å². The van der Waals surface area contributed by atoms with Gasteiger partial charge in [0.25, 0.3) is 0 Å². The molecule has 3 aliphatic heterocycles. The van der Waals surface area contributed by atoms with E-state index in [1.165, 1.54) is 0 Å². The Morgan fingerprint density at radius 1 is 1.35 bits per heavy atom. The number of carbonyl (C=O) groups is 2. The summed E-state index contributed by atoms with van der Waals surface area (Å²) in [6.07, 6.45) is 0.365. The maximum Gasteiger partial charge on any atom is 0.414 e. The molecule has 10 heteroatoms. The SMILES string of the molecule is CO[C@@H]1c2cc(N3CCOC3=O)ccc2O[C@H](C(CC(=O)N2CCC[C@H]2CO)[Si](C)(C)F)[C@H]1C. The van der Waals surface area contributed by atoms with E-state index in [0.717, 1.165) is 18.4 Å². The summed E-state index contributed by atoms with van der Waals surface area (Å²) in [5, 5.41) is 9.63. The number of aliphatic hydroxyl groups is 1. The molecule has 0 radical (unpaired) electrons. The molecule has 188 valence electrons.